The number of likely N-dealkylation sites (tertiary alicyclic amines) is 1. The molecule has 8 nitrogen and oxygen atoms in total. The van der Waals surface area contributed by atoms with E-state index < -0.39 is 0 Å². The van der Waals surface area contributed by atoms with E-state index in [1.165, 1.54) is 0 Å². The topological polar surface area (TPSA) is 82.9 Å². The number of ether oxygens (including phenoxy) is 3. The number of amides is 1. The maximum atomic E-state index is 12.5. The molecule has 1 aliphatic rings. The van der Waals surface area contributed by atoms with Crippen molar-refractivity contribution in [1.82, 2.24) is 14.7 Å². The molecule has 1 atom stereocenters. The first-order chi connectivity index (χ1) is 17.4. The average molecular weight is 558 g/mol. The van der Waals surface area contributed by atoms with Gasteiger partial charge in [-0.05, 0) is 43.5 Å². The molecular weight excluding hydrogens is 526 g/mol. The smallest absolute Gasteiger partial charge is 0.409 e. The third-order valence-electron chi connectivity index (χ3n) is 6.03. The van der Waals surface area contributed by atoms with Crippen LogP contribution in [0.4, 0.5) is 4.79 Å². The van der Waals surface area contributed by atoms with Gasteiger partial charge in [0.05, 0.1) is 31.2 Å². The molecule has 0 unspecified atom stereocenters. The van der Waals surface area contributed by atoms with E-state index in [1.807, 2.05) is 61.0 Å². The first kappa shape index (κ1) is 26.0. The van der Waals surface area contributed by atoms with Gasteiger partial charge in [0.25, 0.3) is 0 Å². The standard InChI is InChI=1S/C27H32BrN3O5/c1-4-34-26(32)13-19-7-5-6-8-25(19)35-17-23-22-14-20(28)9-10-24(22)31(29-23)21-11-12-30(15-21)27(33)36-16-18(2)3/h5-10,14,18,21H,4,11-13,15-17H2,1-3H3/t21-/m1/s1. The Morgan fingerprint density at radius 1 is 1.17 bits per heavy atom. The first-order valence-electron chi connectivity index (χ1n) is 12.3. The lowest BCUT2D eigenvalue weighted by Gasteiger charge is -2.17. The summed E-state index contributed by atoms with van der Waals surface area (Å²) in [5, 5.41) is 5.90. The van der Waals surface area contributed by atoms with Gasteiger partial charge in [-0.1, -0.05) is 48.0 Å². The van der Waals surface area contributed by atoms with Crippen LogP contribution in [0.25, 0.3) is 10.9 Å². The van der Waals surface area contributed by atoms with Gasteiger partial charge in [0, 0.05) is 28.5 Å². The molecule has 2 heterocycles. The minimum absolute atomic E-state index is 0.0464. The van der Waals surface area contributed by atoms with E-state index in [2.05, 4.69) is 15.9 Å². The molecule has 0 N–H and O–H groups in total. The molecule has 0 aliphatic carbocycles. The predicted molar refractivity (Wildman–Crippen MR) is 140 cm³/mol. The van der Waals surface area contributed by atoms with Gasteiger partial charge in [0.15, 0.2) is 0 Å². The minimum atomic E-state index is -0.287. The number of rotatable bonds is 9. The lowest BCUT2D eigenvalue weighted by atomic mass is 10.1. The summed E-state index contributed by atoms with van der Waals surface area (Å²) in [6, 6.07) is 13.6. The van der Waals surface area contributed by atoms with Crippen LogP contribution in [0.5, 0.6) is 5.75 Å². The normalized spacial score (nSPS) is 15.5. The Morgan fingerprint density at radius 2 is 1.97 bits per heavy atom. The number of nitrogens with zero attached hydrogens (tertiary/aromatic N) is 3. The molecule has 36 heavy (non-hydrogen) atoms. The van der Waals surface area contributed by atoms with Crippen LogP contribution in [0, 0.1) is 5.92 Å². The van der Waals surface area contributed by atoms with Crippen LogP contribution in [-0.2, 0) is 27.3 Å². The summed E-state index contributed by atoms with van der Waals surface area (Å²) in [4.78, 5) is 26.2. The van der Waals surface area contributed by atoms with Crippen molar-refractivity contribution in [3.8, 4) is 5.75 Å². The molecule has 2 aromatic carbocycles. The molecule has 0 saturated carbocycles. The van der Waals surface area contributed by atoms with Crippen molar-refractivity contribution in [1.29, 1.82) is 0 Å². The van der Waals surface area contributed by atoms with Gasteiger partial charge in [0.2, 0.25) is 0 Å². The number of hydrogen-bond acceptors (Lipinski definition) is 6. The van der Waals surface area contributed by atoms with Gasteiger partial charge in [-0.2, -0.15) is 5.10 Å². The van der Waals surface area contributed by atoms with Crippen LogP contribution >= 0.6 is 15.9 Å². The molecule has 4 rings (SSSR count). The summed E-state index contributed by atoms with van der Waals surface area (Å²) >= 11 is 3.57. The van der Waals surface area contributed by atoms with E-state index >= 15 is 0 Å². The quantitative estimate of drug-likeness (QED) is 0.322. The van der Waals surface area contributed by atoms with Gasteiger partial charge >= 0.3 is 12.1 Å². The minimum Gasteiger partial charge on any atom is -0.487 e. The summed E-state index contributed by atoms with van der Waals surface area (Å²) in [5.41, 5.74) is 2.55. The van der Waals surface area contributed by atoms with Crippen molar-refractivity contribution in [2.24, 2.45) is 5.92 Å². The summed E-state index contributed by atoms with van der Waals surface area (Å²) < 4.78 is 19.6. The molecule has 9 heteroatoms. The predicted octanol–water partition coefficient (Wildman–Crippen LogP) is 5.52. The third kappa shape index (κ3) is 6.19. The average Bonchev–Trinajstić information content (AvgIpc) is 3.47. The number of benzene rings is 2. The zero-order valence-corrected chi connectivity index (χ0v) is 22.5. The third-order valence-corrected chi connectivity index (χ3v) is 6.52. The summed E-state index contributed by atoms with van der Waals surface area (Å²) in [7, 11) is 0. The molecule has 1 saturated heterocycles. The molecule has 192 valence electrons. The van der Waals surface area contributed by atoms with Gasteiger partial charge in [-0.25, -0.2) is 4.79 Å². The molecule has 1 fully saturated rings. The Hall–Kier alpha value is -3.07. The van der Waals surface area contributed by atoms with E-state index in [1.54, 1.807) is 11.8 Å². The number of para-hydroxylation sites is 1. The van der Waals surface area contributed by atoms with Crippen LogP contribution < -0.4 is 4.74 Å². The Labute approximate surface area is 219 Å². The lowest BCUT2D eigenvalue weighted by molar-refractivity contribution is -0.142. The van der Waals surface area contributed by atoms with Crippen LogP contribution in [0.2, 0.25) is 0 Å². The van der Waals surface area contributed by atoms with Crippen LogP contribution in [0.1, 0.15) is 44.5 Å². The highest BCUT2D eigenvalue weighted by Crippen LogP contribution is 2.31. The van der Waals surface area contributed by atoms with Crippen molar-refractivity contribution in [2.45, 2.75) is 46.3 Å². The molecule has 0 bridgehead atoms. The highest BCUT2D eigenvalue weighted by Gasteiger charge is 2.30. The van der Waals surface area contributed by atoms with E-state index in [9.17, 15) is 9.59 Å². The van der Waals surface area contributed by atoms with Crippen molar-refractivity contribution in [3.63, 3.8) is 0 Å². The SMILES string of the molecule is CCOC(=O)Cc1ccccc1OCc1nn([C@@H]2CCN(C(=O)OCC(C)C)C2)c2ccc(Br)cc12. The second-order valence-electron chi connectivity index (χ2n) is 9.29. The molecule has 0 radical (unpaired) electrons. The van der Waals surface area contributed by atoms with Crippen LogP contribution in [0.3, 0.4) is 0 Å². The number of halogens is 1. The number of fused-ring (bicyclic) bond motifs is 1. The Bertz CT molecular complexity index is 1230. The summed E-state index contributed by atoms with van der Waals surface area (Å²) in [5.74, 6) is 0.638. The molecule has 0 spiro atoms. The molecular formula is C27H32BrN3O5. The fourth-order valence-corrected chi connectivity index (χ4v) is 4.66. The molecule has 1 amide bonds. The number of esters is 1. The molecule has 1 aliphatic heterocycles. The zero-order valence-electron chi connectivity index (χ0n) is 20.9. The second kappa shape index (κ2) is 11.8. The van der Waals surface area contributed by atoms with Crippen LogP contribution in [-0.4, -0.2) is 53.0 Å². The lowest BCUT2D eigenvalue weighted by Crippen LogP contribution is -2.30. The fraction of sp³-hybridized carbons (Fsp3) is 0.444. The van der Waals surface area contributed by atoms with E-state index in [0.29, 0.717) is 38.0 Å². The van der Waals surface area contributed by atoms with Crippen molar-refractivity contribution in [2.75, 3.05) is 26.3 Å². The summed E-state index contributed by atoms with van der Waals surface area (Å²) in [6.45, 7) is 8.01. The zero-order chi connectivity index (χ0) is 25.7. The summed E-state index contributed by atoms with van der Waals surface area (Å²) in [6.07, 6.45) is 0.675. The van der Waals surface area contributed by atoms with Crippen LogP contribution in [0.15, 0.2) is 46.9 Å². The van der Waals surface area contributed by atoms with E-state index in [4.69, 9.17) is 19.3 Å². The van der Waals surface area contributed by atoms with Gasteiger partial charge in [0.1, 0.15) is 18.1 Å². The highest BCUT2D eigenvalue weighted by atomic mass is 79.9. The highest BCUT2D eigenvalue weighted by molar-refractivity contribution is 9.10. The molecule has 1 aromatic heterocycles. The number of aromatic nitrogens is 2. The second-order valence-corrected chi connectivity index (χ2v) is 10.2. The number of hydrogen-bond donors (Lipinski definition) is 0. The van der Waals surface area contributed by atoms with Crippen molar-refractivity contribution >= 4 is 38.9 Å². The number of carbonyl (C=O) groups is 2. The van der Waals surface area contributed by atoms with Gasteiger partial charge in [-0.3, -0.25) is 9.48 Å². The Balaban J connectivity index is 1.52. The fourth-order valence-electron chi connectivity index (χ4n) is 4.30. The molecule has 3 aromatic rings. The van der Waals surface area contributed by atoms with Gasteiger partial charge in [-0.15, -0.1) is 0 Å². The first-order valence-corrected chi connectivity index (χ1v) is 13.1. The van der Waals surface area contributed by atoms with E-state index in [-0.39, 0.29) is 31.1 Å². The van der Waals surface area contributed by atoms with Crippen molar-refractivity contribution in [3.05, 3.63) is 58.2 Å². The Morgan fingerprint density at radius 3 is 2.75 bits per heavy atom. The van der Waals surface area contributed by atoms with E-state index in [0.717, 1.165) is 33.1 Å². The maximum Gasteiger partial charge on any atom is 0.409 e. The van der Waals surface area contributed by atoms with Crippen molar-refractivity contribution < 1.29 is 23.8 Å². The van der Waals surface area contributed by atoms with Gasteiger partial charge < -0.3 is 19.1 Å². The number of carbonyl (C=O) groups excluding carboxylic acids is 2. The maximum absolute atomic E-state index is 12.5. The Kier molecular flexibility index (Phi) is 8.51. The monoisotopic (exact) mass is 557 g/mol. The largest absolute Gasteiger partial charge is 0.487 e.